The molecule has 0 radical (unpaired) electrons. The summed E-state index contributed by atoms with van der Waals surface area (Å²) >= 11 is 6.51. The van der Waals surface area contributed by atoms with E-state index in [-0.39, 0.29) is 5.91 Å². The molecule has 1 N–H and O–H groups in total. The molecule has 1 aliphatic rings. The number of carbonyl (C=O) groups is 1. The average molecular weight is 423 g/mol. The van der Waals surface area contributed by atoms with Gasteiger partial charge < -0.3 is 10.1 Å². The summed E-state index contributed by atoms with van der Waals surface area (Å²) < 4.78 is 5.93. The third kappa shape index (κ3) is 3.89. The minimum atomic E-state index is -0.594. The number of carbonyl (C=O) groups excluding carboxylic acids is 1. The molecule has 5 heteroatoms. The number of hydrogen-bond acceptors (Lipinski definition) is 3. The van der Waals surface area contributed by atoms with Crippen LogP contribution in [-0.4, -0.2) is 17.5 Å². The molecular weight excluding hydrogens is 396 g/mol. The quantitative estimate of drug-likeness (QED) is 0.441. The van der Waals surface area contributed by atoms with Gasteiger partial charge in [0.15, 0.2) is 0 Å². The molecule has 0 atom stereocenters. The first kappa shape index (κ1) is 20.7. The Morgan fingerprint density at radius 3 is 2.70 bits per heavy atom. The molecule has 0 spiro atoms. The number of benzene rings is 2. The number of aromatic nitrogens is 1. The molecule has 4 rings (SSSR count). The van der Waals surface area contributed by atoms with Crippen molar-refractivity contribution < 1.29 is 9.53 Å². The Hall–Kier alpha value is -2.59. The summed E-state index contributed by atoms with van der Waals surface area (Å²) in [5.74, 6) is 0.747. The molecule has 0 saturated heterocycles. The highest BCUT2D eigenvalue weighted by Gasteiger charge is 2.44. The van der Waals surface area contributed by atoms with E-state index in [1.54, 1.807) is 6.20 Å². The van der Waals surface area contributed by atoms with Crippen LogP contribution < -0.4 is 10.1 Å². The Morgan fingerprint density at radius 1 is 1.13 bits per heavy atom. The van der Waals surface area contributed by atoms with Crippen molar-refractivity contribution in [1.29, 1.82) is 0 Å². The zero-order chi connectivity index (χ0) is 21.0. The normalized spacial score (nSPS) is 15.3. The fourth-order valence-corrected chi connectivity index (χ4v) is 4.70. The van der Waals surface area contributed by atoms with Gasteiger partial charge in [0.25, 0.3) is 0 Å². The summed E-state index contributed by atoms with van der Waals surface area (Å²) in [6.45, 7) is 2.79. The molecule has 156 valence electrons. The van der Waals surface area contributed by atoms with Crippen LogP contribution in [0.4, 0.5) is 5.69 Å². The lowest BCUT2D eigenvalue weighted by atomic mass is 9.78. The van der Waals surface area contributed by atoms with Crippen molar-refractivity contribution >= 4 is 34.1 Å². The summed E-state index contributed by atoms with van der Waals surface area (Å²) in [4.78, 5) is 18.1. The zero-order valence-electron chi connectivity index (χ0n) is 17.3. The van der Waals surface area contributed by atoms with Crippen molar-refractivity contribution in [2.75, 3.05) is 11.9 Å². The molecule has 1 fully saturated rings. The van der Waals surface area contributed by atoms with Crippen LogP contribution in [0.15, 0.2) is 54.7 Å². The summed E-state index contributed by atoms with van der Waals surface area (Å²) in [7, 11) is 0. The van der Waals surface area contributed by atoms with Gasteiger partial charge in [-0.3, -0.25) is 9.78 Å². The van der Waals surface area contributed by atoms with Crippen LogP contribution >= 0.6 is 11.6 Å². The van der Waals surface area contributed by atoms with Gasteiger partial charge >= 0.3 is 0 Å². The number of nitrogens with one attached hydrogen (secondary N) is 1. The second-order valence-corrected chi connectivity index (χ2v) is 8.34. The molecule has 0 aliphatic heterocycles. The smallest absolute Gasteiger partial charge is 0.235 e. The molecule has 4 nitrogen and oxygen atoms in total. The molecule has 1 saturated carbocycles. The fourth-order valence-electron chi connectivity index (χ4n) is 4.39. The molecular formula is C25H27ClN2O2. The van der Waals surface area contributed by atoms with Gasteiger partial charge in [-0.05, 0) is 55.2 Å². The van der Waals surface area contributed by atoms with E-state index < -0.39 is 5.41 Å². The van der Waals surface area contributed by atoms with E-state index in [2.05, 4.69) is 17.2 Å². The maximum absolute atomic E-state index is 13.6. The molecule has 0 unspecified atom stereocenters. The third-order valence-electron chi connectivity index (χ3n) is 6.02. The summed E-state index contributed by atoms with van der Waals surface area (Å²) in [5.41, 5.74) is 1.85. The number of fused-ring (bicyclic) bond motifs is 1. The Kier molecular flexibility index (Phi) is 6.24. The second-order valence-electron chi connectivity index (χ2n) is 7.94. The van der Waals surface area contributed by atoms with E-state index in [0.29, 0.717) is 11.6 Å². The Morgan fingerprint density at radius 2 is 1.93 bits per heavy atom. The van der Waals surface area contributed by atoms with Crippen molar-refractivity contribution in [3.8, 4) is 5.75 Å². The number of pyridine rings is 1. The fraction of sp³-hybridized carbons (Fsp3) is 0.360. The van der Waals surface area contributed by atoms with Crippen LogP contribution in [0.3, 0.4) is 0 Å². The highest BCUT2D eigenvalue weighted by atomic mass is 35.5. The van der Waals surface area contributed by atoms with E-state index in [9.17, 15) is 4.79 Å². The lowest BCUT2D eigenvalue weighted by molar-refractivity contribution is -0.121. The topological polar surface area (TPSA) is 51.2 Å². The SMILES string of the molecule is CCCCOc1ccc(NC(=O)C2(c3ccccc3Cl)CCCC2)c2cccnc12. The first-order valence-corrected chi connectivity index (χ1v) is 11.1. The zero-order valence-corrected chi connectivity index (χ0v) is 18.0. The Bertz CT molecular complexity index is 1040. The number of halogens is 1. The van der Waals surface area contributed by atoms with Crippen molar-refractivity contribution in [3.63, 3.8) is 0 Å². The van der Waals surface area contributed by atoms with Gasteiger partial charge in [-0.15, -0.1) is 0 Å². The van der Waals surface area contributed by atoms with Crippen LogP contribution in [0, 0.1) is 0 Å². The van der Waals surface area contributed by atoms with E-state index in [4.69, 9.17) is 16.3 Å². The summed E-state index contributed by atoms with van der Waals surface area (Å²) in [5, 5.41) is 4.73. The van der Waals surface area contributed by atoms with E-state index >= 15 is 0 Å². The highest BCUT2D eigenvalue weighted by Crippen LogP contribution is 2.45. The number of anilines is 1. The monoisotopic (exact) mass is 422 g/mol. The van der Waals surface area contributed by atoms with Crippen LogP contribution in [0.1, 0.15) is 51.0 Å². The Balaban J connectivity index is 1.67. The lowest BCUT2D eigenvalue weighted by Gasteiger charge is -2.29. The lowest BCUT2D eigenvalue weighted by Crippen LogP contribution is -2.38. The first-order valence-electron chi connectivity index (χ1n) is 10.7. The van der Waals surface area contributed by atoms with Crippen LogP contribution in [0.5, 0.6) is 5.75 Å². The van der Waals surface area contributed by atoms with Gasteiger partial charge in [-0.25, -0.2) is 0 Å². The van der Waals surface area contributed by atoms with Gasteiger partial charge in [0.2, 0.25) is 5.91 Å². The van der Waals surface area contributed by atoms with Gasteiger partial charge in [-0.1, -0.05) is 56.0 Å². The maximum atomic E-state index is 13.6. The van der Waals surface area contributed by atoms with Gasteiger partial charge in [0.1, 0.15) is 11.3 Å². The predicted octanol–water partition coefficient (Wildman–Crippen LogP) is 6.52. The molecule has 1 aromatic heterocycles. The molecule has 1 amide bonds. The minimum Gasteiger partial charge on any atom is -0.491 e. The van der Waals surface area contributed by atoms with Gasteiger partial charge in [0.05, 0.1) is 17.7 Å². The predicted molar refractivity (Wildman–Crippen MR) is 122 cm³/mol. The van der Waals surface area contributed by atoms with Crippen molar-refractivity contribution in [1.82, 2.24) is 4.98 Å². The van der Waals surface area contributed by atoms with Crippen LogP contribution in [0.2, 0.25) is 5.02 Å². The number of amides is 1. The largest absolute Gasteiger partial charge is 0.491 e. The average Bonchev–Trinajstić information content (AvgIpc) is 3.27. The van der Waals surface area contributed by atoms with Gasteiger partial charge in [-0.2, -0.15) is 0 Å². The minimum absolute atomic E-state index is 0.00194. The molecule has 1 aliphatic carbocycles. The number of unbranched alkanes of at least 4 members (excludes halogenated alkanes) is 1. The van der Waals surface area contributed by atoms with Crippen molar-refractivity contribution in [2.45, 2.75) is 50.9 Å². The molecule has 30 heavy (non-hydrogen) atoms. The van der Waals surface area contributed by atoms with E-state index in [1.165, 1.54) is 0 Å². The third-order valence-corrected chi connectivity index (χ3v) is 6.35. The Labute approximate surface area is 182 Å². The molecule has 2 aromatic carbocycles. The number of rotatable bonds is 7. The number of hydrogen-bond donors (Lipinski definition) is 1. The standard InChI is InChI=1S/C25H27ClN2O2/c1-2-3-17-30-22-13-12-21(18-9-8-16-27-23(18)22)28-24(29)25(14-6-7-15-25)19-10-4-5-11-20(19)26/h4-5,8-13,16H,2-3,6-7,14-15,17H2,1H3,(H,28,29). The second kappa shape index (κ2) is 9.05. The van der Waals surface area contributed by atoms with E-state index in [1.807, 2.05) is 48.5 Å². The molecule has 3 aromatic rings. The van der Waals surface area contributed by atoms with E-state index in [0.717, 1.165) is 66.4 Å². The number of nitrogens with zero attached hydrogens (tertiary/aromatic N) is 1. The van der Waals surface area contributed by atoms with Crippen LogP contribution in [-0.2, 0) is 10.2 Å². The molecule has 0 bridgehead atoms. The summed E-state index contributed by atoms with van der Waals surface area (Å²) in [6, 6.07) is 15.4. The van der Waals surface area contributed by atoms with Crippen molar-refractivity contribution in [2.24, 2.45) is 0 Å². The van der Waals surface area contributed by atoms with Crippen molar-refractivity contribution in [3.05, 3.63) is 65.3 Å². The molecule has 1 heterocycles. The first-order chi connectivity index (χ1) is 14.7. The van der Waals surface area contributed by atoms with Gasteiger partial charge in [0, 0.05) is 16.6 Å². The maximum Gasteiger partial charge on any atom is 0.235 e. The number of ether oxygens (including phenoxy) is 1. The summed E-state index contributed by atoms with van der Waals surface area (Å²) in [6.07, 6.45) is 7.46. The highest BCUT2D eigenvalue weighted by molar-refractivity contribution is 6.32. The van der Waals surface area contributed by atoms with Crippen LogP contribution in [0.25, 0.3) is 10.9 Å².